The Morgan fingerprint density at radius 3 is 2.20 bits per heavy atom. The van der Waals surface area contributed by atoms with E-state index in [2.05, 4.69) is 0 Å². The fourth-order valence-corrected chi connectivity index (χ4v) is 6.06. The maximum Gasteiger partial charge on any atom is 0.330 e. The van der Waals surface area contributed by atoms with Crippen LogP contribution in [0.2, 0.25) is 0 Å². The number of benzene rings is 3. The molecule has 300 valence electrons. The maximum absolute atomic E-state index is 13.0. The molecular weight excluding hydrogens is 748 g/mol. The highest BCUT2D eigenvalue weighted by atomic mass is 16.8. The molecule has 2 fully saturated rings. The molecule has 0 saturated carbocycles. The van der Waals surface area contributed by atoms with Gasteiger partial charge in [-0.25, -0.2) is 4.79 Å². The first-order valence-electron chi connectivity index (χ1n) is 16.9. The first-order chi connectivity index (χ1) is 26.7. The molecule has 6 rings (SSSR count). The lowest BCUT2D eigenvalue weighted by molar-refractivity contribution is -0.357. The SMILES string of the molecule is COc1cc(/C=C/C(=O)OC[C@H]2O[C@H](O[C@H]3[C@H](Oc4cc(O)c5c(=O)cc(-c6ccc(O)c(O)c6)oc5c4)O[C@H](CO)[C@@H](O)[C@@H]3O)[C@H](O)[C@@H](O)[C@@H]2O)ccc1O. The molecule has 0 amide bonds. The van der Waals surface area contributed by atoms with Crippen molar-refractivity contribution in [3.63, 3.8) is 0 Å². The van der Waals surface area contributed by atoms with Gasteiger partial charge in [-0.1, -0.05) is 6.07 Å². The Balaban J connectivity index is 1.21. The molecule has 2 aliphatic rings. The molecule has 3 aromatic carbocycles. The monoisotopic (exact) mass is 786 g/mol. The van der Waals surface area contributed by atoms with Crippen LogP contribution in [-0.2, 0) is 23.7 Å². The first kappa shape index (κ1) is 40.2. The first-order valence-corrected chi connectivity index (χ1v) is 16.9. The fourth-order valence-electron chi connectivity index (χ4n) is 6.06. The topological polar surface area (TPSA) is 305 Å². The van der Waals surface area contributed by atoms with Crippen LogP contribution in [0.5, 0.6) is 34.5 Å². The predicted octanol–water partition coefficient (Wildman–Crippen LogP) is -0.442. The van der Waals surface area contributed by atoms with Gasteiger partial charge in [-0.05, 0) is 42.0 Å². The quantitative estimate of drug-likeness (QED) is 0.0523. The number of phenolic OH excluding ortho intramolecular Hbond substituents is 4. The third-order valence-electron chi connectivity index (χ3n) is 9.09. The molecule has 2 aliphatic heterocycles. The molecule has 0 unspecified atom stereocenters. The molecule has 2 saturated heterocycles. The highest BCUT2D eigenvalue weighted by Crippen LogP contribution is 2.36. The summed E-state index contributed by atoms with van der Waals surface area (Å²) in [7, 11) is 1.35. The summed E-state index contributed by atoms with van der Waals surface area (Å²) < 4.78 is 38.9. The van der Waals surface area contributed by atoms with Gasteiger partial charge in [-0.15, -0.1) is 0 Å². The highest BCUT2D eigenvalue weighted by Gasteiger charge is 2.51. The molecule has 0 spiro atoms. The molecule has 19 nitrogen and oxygen atoms in total. The number of hydrogen-bond donors (Lipinski definition) is 10. The largest absolute Gasteiger partial charge is 0.507 e. The van der Waals surface area contributed by atoms with Crippen molar-refractivity contribution in [2.24, 2.45) is 0 Å². The van der Waals surface area contributed by atoms with Gasteiger partial charge in [0, 0.05) is 29.8 Å². The van der Waals surface area contributed by atoms with Crippen LogP contribution in [0, 0.1) is 0 Å². The lowest BCUT2D eigenvalue weighted by Gasteiger charge is -2.45. The number of fused-ring (bicyclic) bond motifs is 1. The number of aliphatic hydroxyl groups excluding tert-OH is 6. The second kappa shape index (κ2) is 16.7. The number of aliphatic hydroxyl groups is 6. The number of aromatic hydroxyl groups is 4. The third-order valence-corrected chi connectivity index (χ3v) is 9.09. The summed E-state index contributed by atoms with van der Waals surface area (Å²) in [6.07, 6.45) is -15.5. The number of hydrogen-bond acceptors (Lipinski definition) is 19. The average Bonchev–Trinajstić information content (AvgIpc) is 3.17. The summed E-state index contributed by atoms with van der Waals surface area (Å²) in [5.41, 5.74) is -0.252. The zero-order chi connectivity index (χ0) is 40.4. The van der Waals surface area contributed by atoms with E-state index in [9.17, 15) is 60.7 Å². The average molecular weight is 787 g/mol. The van der Waals surface area contributed by atoms with E-state index < -0.39 is 103 Å². The summed E-state index contributed by atoms with van der Waals surface area (Å²) in [5, 5.41) is 104. The minimum absolute atomic E-state index is 0.0678. The number of ether oxygens (including phenoxy) is 6. The van der Waals surface area contributed by atoms with E-state index in [0.717, 1.165) is 30.3 Å². The number of carbonyl (C=O) groups is 1. The Labute approximate surface area is 315 Å². The van der Waals surface area contributed by atoms with Crippen molar-refractivity contribution in [3.05, 3.63) is 76.5 Å². The molecule has 3 heterocycles. The van der Waals surface area contributed by atoms with Gasteiger partial charge in [0.2, 0.25) is 6.29 Å². The van der Waals surface area contributed by atoms with Gasteiger partial charge < -0.3 is 83.9 Å². The zero-order valence-electron chi connectivity index (χ0n) is 29.2. The molecule has 4 aromatic rings. The van der Waals surface area contributed by atoms with Crippen molar-refractivity contribution >= 4 is 23.0 Å². The van der Waals surface area contributed by atoms with Crippen molar-refractivity contribution in [3.8, 4) is 45.8 Å². The van der Waals surface area contributed by atoms with Crippen LogP contribution < -0.4 is 14.9 Å². The Hall–Kier alpha value is -5.48. The van der Waals surface area contributed by atoms with Crippen LogP contribution in [0.1, 0.15) is 5.56 Å². The number of esters is 1. The van der Waals surface area contributed by atoms with Gasteiger partial charge in [0.25, 0.3) is 0 Å². The van der Waals surface area contributed by atoms with Gasteiger partial charge in [0.15, 0.2) is 40.8 Å². The molecule has 56 heavy (non-hydrogen) atoms. The van der Waals surface area contributed by atoms with Crippen LogP contribution in [0.15, 0.2) is 69.9 Å². The van der Waals surface area contributed by atoms with Crippen molar-refractivity contribution in [2.45, 2.75) is 61.4 Å². The molecule has 0 bridgehead atoms. The van der Waals surface area contributed by atoms with E-state index in [1.165, 1.54) is 43.5 Å². The summed E-state index contributed by atoms with van der Waals surface area (Å²) in [6, 6.07) is 11.2. The van der Waals surface area contributed by atoms with E-state index in [0.29, 0.717) is 5.56 Å². The maximum atomic E-state index is 13.0. The van der Waals surface area contributed by atoms with Crippen molar-refractivity contribution < 1.29 is 88.7 Å². The second-order valence-electron chi connectivity index (χ2n) is 12.8. The van der Waals surface area contributed by atoms with Crippen molar-refractivity contribution in [2.75, 3.05) is 20.3 Å². The smallest absolute Gasteiger partial charge is 0.330 e. The molecule has 1 aromatic heterocycles. The van der Waals surface area contributed by atoms with Crippen LogP contribution in [0.3, 0.4) is 0 Å². The molecule has 19 heteroatoms. The van der Waals surface area contributed by atoms with Crippen molar-refractivity contribution in [1.82, 2.24) is 0 Å². The van der Waals surface area contributed by atoms with E-state index in [1.807, 2.05) is 0 Å². The van der Waals surface area contributed by atoms with Crippen LogP contribution in [-0.4, -0.2) is 139 Å². The Morgan fingerprint density at radius 2 is 1.48 bits per heavy atom. The van der Waals surface area contributed by atoms with E-state index in [-0.39, 0.29) is 39.5 Å². The summed E-state index contributed by atoms with van der Waals surface area (Å²) >= 11 is 0. The van der Waals surface area contributed by atoms with Gasteiger partial charge >= 0.3 is 5.97 Å². The zero-order valence-corrected chi connectivity index (χ0v) is 29.2. The van der Waals surface area contributed by atoms with E-state index >= 15 is 0 Å². The van der Waals surface area contributed by atoms with Gasteiger partial charge in [-0.3, -0.25) is 4.79 Å². The molecular formula is C37H38O19. The minimum Gasteiger partial charge on any atom is -0.507 e. The van der Waals surface area contributed by atoms with E-state index in [1.54, 1.807) is 0 Å². The van der Waals surface area contributed by atoms with Gasteiger partial charge in [0.1, 0.15) is 77.6 Å². The van der Waals surface area contributed by atoms with Crippen molar-refractivity contribution in [1.29, 1.82) is 0 Å². The van der Waals surface area contributed by atoms with Gasteiger partial charge in [0.05, 0.1) is 13.7 Å². The number of rotatable bonds is 11. The number of carbonyl (C=O) groups excluding carboxylic acids is 1. The van der Waals surface area contributed by atoms with Crippen LogP contribution in [0.4, 0.5) is 0 Å². The number of phenols is 4. The Bertz CT molecular complexity index is 2130. The summed E-state index contributed by atoms with van der Waals surface area (Å²) in [6.45, 7) is -1.49. The van der Waals surface area contributed by atoms with E-state index in [4.69, 9.17) is 32.8 Å². The molecule has 10 atom stereocenters. The van der Waals surface area contributed by atoms with Crippen LogP contribution in [0.25, 0.3) is 28.4 Å². The minimum atomic E-state index is -1.99. The van der Waals surface area contributed by atoms with Crippen LogP contribution >= 0.6 is 0 Å². The third kappa shape index (κ3) is 8.35. The Kier molecular flexibility index (Phi) is 12.0. The lowest BCUT2D eigenvalue weighted by Crippen LogP contribution is -2.65. The van der Waals surface area contributed by atoms with Gasteiger partial charge in [-0.2, -0.15) is 0 Å². The number of methoxy groups -OCH3 is 1. The second-order valence-corrected chi connectivity index (χ2v) is 12.8. The predicted molar refractivity (Wildman–Crippen MR) is 188 cm³/mol. The summed E-state index contributed by atoms with van der Waals surface area (Å²) in [5.74, 6) is -2.72. The standard InChI is InChI=1S/C37H38O19/c1-50-24-8-15(2-5-19(24)40)3-7-28(44)51-14-27-31(46)32(47)34(49)36(55-27)56-35-33(48)30(45)26(13-38)54-37(35)52-17-10-21(42)29-22(43)12-23(53-25(29)11-17)16-4-6-18(39)20(41)9-16/h2-12,26-27,30-42,45-49H,13-14H2,1H3/b7-3+/t26-,27-,30-,31-,32+,33+,34-,35-,36-,37-/m1/s1. The molecule has 10 N–H and O–H groups in total. The normalized spacial score (nSPS) is 28.0. The molecule has 0 radical (unpaired) electrons. The highest BCUT2D eigenvalue weighted by molar-refractivity contribution is 5.87. The lowest BCUT2D eigenvalue weighted by atomic mass is 9.97. The molecule has 0 aliphatic carbocycles. The Morgan fingerprint density at radius 1 is 0.768 bits per heavy atom. The fraction of sp³-hybridized carbons (Fsp3) is 0.351. The summed E-state index contributed by atoms with van der Waals surface area (Å²) in [4.78, 5) is 25.5.